The number of allylic oxidation sites excluding steroid dienone is 4. The predicted molar refractivity (Wildman–Crippen MR) is 116 cm³/mol. The van der Waals surface area contributed by atoms with E-state index in [1.807, 2.05) is 5.47 Å². The molecule has 2 aliphatic carbocycles. The van der Waals surface area contributed by atoms with Crippen molar-refractivity contribution in [3.05, 3.63) is 23.7 Å². The summed E-state index contributed by atoms with van der Waals surface area (Å²) in [6, 6.07) is 0. The van der Waals surface area contributed by atoms with Gasteiger partial charge in [-0.1, -0.05) is 134 Å². The first kappa shape index (κ1) is 20.9. The predicted octanol–water partition coefficient (Wildman–Crippen LogP) is 8.55. The van der Waals surface area contributed by atoms with E-state index in [2.05, 4.69) is 32.1 Å². The third-order valence-corrected chi connectivity index (χ3v) is 6.73. The lowest BCUT2D eigenvalue weighted by Gasteiger charge is -2.37. The maximum atomic E-state index is 2.57. The Balaban J connectivity index is 2.13. The summed E-state index contributed by atoms with van der Waals surface area (Å²) >= 11 is 0. The van der Waals surface area contributed by atoms with Crippen molar-refractivity contribution >= 4 is 6.71 Å². The SMILES string of the molecule is CCCC/C=C\C=C(/CCCC)B(C1CCCCC1)C1CCCCC1. The van der Waals surface area contributed by atoms with Gasteiger partial charge in [0.15, 0.2) is 6.71 Å². The Bertz CT molecular complexity index is 365. The van der Waals surface area contributed by atoms with E-state index in [1.54, 1.807) is 0 Å². The molecule has 0 aromatic rings. The van der Waals surface area contributed by atoms with Crippen molar-refractivity contribution in [1.82, 2.24) is 0 Å². The average molecular weight is 342 g/mol. The lowest BCUT2D eigenvalue weighted by atomic mass is 9.26. The summed E-state index contributed by atoms with van der Waals surface area (Å²) in [4.78, 5) is 0. The number of unbranched alkanes of at least 4 members (excludes halogenated alkanes) is 3. The van der Waals surface area contributed by atoms with Gasteiger partial charge in [-0.05, 0) is 12.8 Å². The van der Waals surface area contributed by atoms with Crippen molar-refractivity contribution in [2.45, 2.75) is 128 Å². The van der Waals surface area contributed by atoms with Gasteiger partial charge < -0.3 is 0 Å². The molecule has 1 heteroatoms. The number of hydrogen-bond acceptors (Lipinski definition) is 0. The molecule has 0 nitrogen and oxygen atoms in total. The Morgan fingerprint density at radius 2 is 1.36 bits per heavy atom. The molecule has 0 aliphatic heterocycles. The molecule has 2 aliphatic rings. The van der Waals surface area contributed by atoms with Crippen LogP contribution in [-0.4, -0.2) is 6.71 Å². The largest absolute Gasteiger partial charge is 0.176 e. The first-order valence-corrected chi connectivity index (χ1v) is 11.7. The maximum Gasteiger partial charge on any atom is 0.176 e. The highest BCUT2D eigenvalue weighted by molar-refractivity contribution is 6.69. The number of rotatable bonds is 10. The number of hydrogen-bond donors (Lipinski definition) is 0. The minimum atomic E-state index is 0.906. The second-order valence-electron chi connectivity index (χ2n) is 8.74. The molecule has 2 saturated carbocycles. The maximum absolute atomic E-state index is 2.57. The Kier molecular flexibility index (Phi) is 10.7. The van der Waals surface area contributed by atoms with Crippen LogP contribution in [0.4, 0.5) is 0 Å². The molecule has 0 saturated heterocycles. The molecule has 0 heterocycles. The molecule has 2 rings (SSSR count). The highest BCUT2D eigenvalue weighted by Gasteiger charge is 2.36. The van der Waals surface area contributed by atoms with Gasteiger partial charge in [-0.3, -0.25) is 0 Å². The fraction of sp³-hybridized carbons (Fsp3) is 0.833. The molecule has 0 aromatic carbocycles. The van der Waals surface area contributed by atoms with Gasteiger partial charge in [0.1, 0.15) is 0 Å². The van der Waals surface area contributed by atoms with Gasteiger partial charge in [0, 0.05) is 0 Å². The smallest absolute Gasteiger partial charge is 0.101 e. The zero-order chi connectivity index (χ0) is 17.7. The second-order valence-corrected chi connectivity index (χ2v) is 8.74. The molecular formula is C24H43B. The highest BCUT2D eigenvalue weighted by Crippen LogP contribution is 2.44. The summed E-state index contributed by atoms with van der Waals surface area (Å²) < 4.78 is 0. The summed E-state index contributed by atoms with van der Waals surface area (Å²) in [5, 5.41) is 0. The van der Waals surface area contributed by atoms with Crippen LogP contribution in [0, 0.1) is 0 Å². The lowest BCUT2D eigenvalue weighted by molar-refractivity contribution is 0.462. The van der Waals surface area contributed by atoms with E-state index in [1.165, 1.54) is 103 Å². The zero-order valence-electron chi connectivity index (χ0n) is 17.3. The quantitative estimate of drug-likeness (QED) is 0.212. The third-order valence-electron chi connectivity index (χ3n) is 6.73. The van der Waals surface area contributed by atoms with Crippen LogP contribution in [0.2, 0.25) is 11.6 Å². The van der Waals surface area contributed by atoms with Gasteiger partial charge >= 0.3 is 0 Å². The molecule has 0 radical (unpaired) electrons. The van der Waals surface area contributed by atoms with Crippen LogP contribution < -0.4 is 0 Å². The monoisotopic (exact) mass is 342 g/mol. The standard InChI is InChI=1S/C24H43B/c1-3-5-7-8-11-17-22(16-6-4-2)25(23-18-12-9-13-19-23)24-20-14-10-15-21-24/h8,11,17,23-24H,3-7,9-10,12-16,18-21H2,1-2H3/b11-8-,22-17+. The molecule has 0 amide bonds. The van der Waals surface area contributed by atoms with Crippen LogP contribution in [0.3, 0.4) is 0 Å². The summed E-state index contributed by atoms with van der Waals surface area (Å²) in [6.45, 7) is 5.55. The van der Waals surface area contributed by atoms with Crippen LogP contribution in [0.1, 0.15) is 117 Å². The Hall–Kier alpha value is -0.455. The summed E-state index contributed by atoms with van der Waals surface area (Å²) in [6.07, 6.45) is 30.3. The second kappa shape index (κ2) is 12.8. The average Bonchev–Trinajstić information content (AvgIpc) is 2.67. The normalized spacial score (nSPS) is 21.1. The fourth-order valence-corrected chi connectivity index (χ4v) is 5.33. The van der Waals surface area contributed by atoms with Crippen molar-refractivity contribution in [2.24, 2.45) is 0 Å². The molecule has 2 fully saturated rings. The molecule has 0 N–H and O–H groups in total. The summed E-state index contributed by atoms with van der Waals surface area (Å²) in [7, 11) is 0. The van der Waals surface area contributed by atoms with Gasteiger partial charge in [-0.15, -0.1) is 5.47 Å². The molecule has 0 unspecified atom stereocenters. The van der Waals surface area contributed by atoms with Gasteiger partial charge in [-0.2, -0.15) is 0 Å². The van der Waals surface area contributed by atoms with E-state index >= 15 is 0 Å². The Morgan fingerprint density at radius 3 is 1.88 bits per heavy atom. The van der Waals surface area contributed by atoms with E-state index in [9.17, 15) is 0 Å². The van der Waals surface area contributed by atoms with Crippen LogP contribution in [-0.2, 0) is 0 Å². The topological polar surface area (TPSA) is 0 Å². The van der Waals surface area contributed by atoms with Crippen molar-refractivity contribution < 1.29 is 0 Å². The zero-order valence-corrected chi connectivity index (χ0v) is 17.3. The first-order valence-electron chi connectivity index (χ1n) is 11.7. The van der Waals surface area contributed by atoms with E-state index in [0.717, 1.165) is 18.3 Å². The van der Waals surface area contributed by atoms with Gasteiger partial charge in [0.25, 0.3) is 0 Å². The van der Waals surface area contributed by atoms with E-state index in [4.69, 9.17) is 0 Å². The van der Waals surface area contributed by atoms with Crippen LogP contribution in [0.5, 0.6) is 0 Å². The van der Waals surface area contributed by atoms with Crippen molar-refractivity contribution in [1.29, 1.82) is 0 Å². The Morgan fingerprint density at radius 1 is 0.800 bits per heavy atom. The third kappa shape index (κ3) is 7.36. The molecule has 25 heavy (non-hydrogen) atoms. The summed E-state index contributed by atoms with van der Waals surface area (Å²) in [5.41, 5.74) is 1.83. The van der Waals surface area contributed by atoms with Crippen LogP contribution in [0.15, 0.2) is 23.7 Å². The first-order chi connectivity index (χ1) is 12.4. The van der Waals surface area contributed by atoms with E-state index < -0.39 is 0 Å². The van der Waals surface area contributed by atoms with Gasteiger partial charge in [0.05, 0.1) is 0 Å². The fourth-order valence-electron chi connectivity index (χ4n) is 5.33. The van der Waals surface area contributed by atoms with Crippen molar-refractivity contribution in [3.8, 4) is 0 Å². The van der Waals surface area contributed by atoms with Crippen LogP contribution in [0.25, 0.3) is 0 Å². The lowest BCUT2D eigenvalue weighted by Crippen LogP contribution is -2.32. The molecular weight excluding hydrogens is 299 g/mol. The highest BCUT2D eigenvalue weighted by atomic mass is 14.2. The molecule has 0 aromatic heterocycles. The Labute approximate surface area is 159 Å². The minimum absolute atomic E-state index is 0.906. The molecule has 0 atom stereocenters. The van der Waals surface area contributed by atoms with Crippen LogP contribution >= 0.6 is 0 Å². The van der Waals surface area contributed by atoms with E-state index in [-0.39, 0.29) is 0 Å². The van der Waals surface area contributed by atoms with E-state index in [0.29, 0.717) is 0 Å². The summed E-state index contributed by atoms with van der Waals surface area (Å²) in [5.74, 6) is 1.98. The molecule has 0 spiro atoms. The molecule has 0 bridgehead atoms. The van der Waals surface area contributed by atoms with Gasteiger partial charge in [0.2, 0.25) is 0 Å². The van der Waals surface area contributed by atoms with Crippen molar-refractivity contribution in [3.63, 3.8) is 0 Å². The minimum Gasteiger partial charge on any atom is -0.101 e. The molecule has 142 valence electrons. The van der Waals surface area contributed by atoms with Crippen molar-refractivity contribution in [2.75, 3.05) is 0 Å². The van der Waals surface area contributed by atoms with Gasteiger partial charge in [-0.25, -0.2) is 0 Å².